The molecule has 21 heavy (non-hydrogen) atoms. The van der Waals surface area contributed by atoms with Crippen LogP contribution in [0.5, 0.6) is 0 Å². The summed E-state index contributed by atoms with van der Waals surface area (Å²) in [6.45, 7) is 9.87. The van der Waals surface area contributed by atoms with Crippen molar-refractivity contribution in [2.24, 2.45) is 10.4 Å². The number of pyridine rings is 1. The van der Waals surface area contributed by atoms with Crippen molar-refractivity contribution in [3.8, 4) is 0 Å². The van der Waals surface area contributed by atoms with Crippen molar-refractivity contribution >= 4 is 5.96 Å². The molecule has 0 amide bonds. The Labute approximate surface area is 129 Å². The summed E-state index contributed by atoms with van der Waals surface area (Å²) in [5.41, 5.74) is 1.48. The molecule has 0 bridgehead atoms. The highest BCUT2D eigenvalue weighted by Crippen LogP contribution is 2.21. The highest BCUT2D eigenvalue weighted by Gasteiger charge is 2.13. The fraction of sp³-hybridized carbons (Fsp3) is 0.647. The molecule has 118 valence electrons. The molecular formula is C17H30N4. The minimum atomic E-state index is 0.381. The van der Waals surface area contributed by atoms with Gasteiger partial charge in [-0.1, -0.05) is 26.8 Å². The average molecular weight is 290 g/mol. The van der Waals surface area contributed by atoms with Crippen LogP contribution in [0.15, 0.2) is 29.4 Å². The van der Waals surface area contributed by atoms with Crippen LogP contribution in [0.3, 0.4) is 0 Å². The molecule has 1 rings (SSSR count). The van der Waals surface area contributed by atoms with Gasteiger partial charge in [0.25, 0.3) is 0 Å². The Morgan fingerprint density at radius 1 is 1.33 bits per heavy atom. The number of nitrogens with one attached hydrogen (secondary N) is 2. The quantitative estimate of drug-likeness (QED) is 0.625. The summed E-state index contributed by atoms with van der Waals surface area (Å²) in [5.74, 6) is 0.868. The summed E-state index contributed by atoms with van der Waals surface area (Å²) < 4.78 is 0. The van der Waals surface area contributed by atoms with Crippen molar-refractivity contribution in [1.82, 2.24) is 15.6 Å². The largest absolute Gasteiger partial charge is 0.356 e. The van der Waals surface area contributed by atoms with Gasteiger partial charge in [0.2, 0.25) is 0 Å². The monoisotopic (exact) mass is 290 g/mol. The third-order valence-corrected chi connectivity index (χ3v) is 3.33. The second kappa shape index (κ2) is 8.65. The molecule has 1 aromatic heterocycles. The molecule has 0 aliphatic rings. The molecule has 0 saturated heterocycles. The molecule has 2 N–H and O–H groups in total. The minimum Gasteiger partial charge on any atom is -0.356 e. The maximum Gasteiger partial charge on any atom is 0.191 e. The molecule has 0 aromatic carbocycles. The van der Waals surface area contributed by atoms with Gasteiger partial charge >= 0.3 is 0 Å². The molecule has 4 nitrogen and oxygen atoms in total. The highest BCUT2D eigenvalue weighted by atomic mass is 15.2. The molecule has 0 spiro atoms. The second-order valence-electron chi connectivity index (χ2n) is 6.71. The van der Waals surface area contributed by atoms with Crippen LogP contribution in [0, 0.1) is 5.41 Å². The fourth-order valence-electron chi connectivity index (χ4n) is 2.00. The lowest BCUT2D eigenvalue weighted by molar-refractivity contribution is 0.346. The molecule has 1 atom stereocenters. The smallest absolute Gasteiger partial charge is 0.191 e. The predicted octanol–water partition coefficient (Wildman–Crippen LogP) is 3.00. The van der Waals surface area contributed by atoms with Gasteiger partial charge in [-0.3, -0.25) is 9.98 Å². The van der Waals surface area contributed by atoms with Gasteiger partial charge in [0.05, 0.1) is 0 Å². The molecule has 0 saturated carbocycles. The van der Waals surface area contributed by atoms with Crippen LogP contribution in [0.1, 0.15) is 46.2 Å². The van der Waals surface area contributed by atoms with Gasteiger partial charge in [-0.05, 0) is 37.3 Å². The van der Waals surface area contributed by atoms with E-state index in [0.29, 0.717) is 11.5 Å². The van der Waals surface area contributed by atoms with Crippen LogP contribution < -0.4 is 10.6 Å². The third-order valence-electron chi connectivity index (χ3n) is 3.33. The Morgan fingerprint density at radius 3 is 2.67 bits per heavy atom. The molecule has 0 fully saturated rings. The van der Waals surface area contributed by atoms with Crippen LogP contribution in [-0.4, -0.2) is 30.6 Å². The number of hydrogen-bond acceptors (Lipinski definition) is 2. The molecule has 4 heteroatoms. The first-order chi connectivity index (χ1) is 9.90. The highest BCUT2D eigenvalue weighted by molar-refractivity contribution is 5.79. The van der Waals surface area contributed by atoms with Crippen molar-refractivity contribution < 1.29 is 0 Å². The average Bonchev–Trinajstić information content (AvgIpc) is 2.44. The van der Waals surface area contributed by atoms with Crippen molar-refractivity contribution in [2.45, 2.75) is 53.0 Å². The van der Waals surface area contributed by atoms with Crippen molar-refractivity contribution in [1.29, 1.82) is 0 Å². The Morgan fingerprint density at radius 2 is 2.10 bits per heavy atom. The Bertz CT molecular complexity index is 420. The van der Waals surface area contributed by atoms with Crippen LogP contribution >= 0.6 is 0 Å². The lowest BCUT2D eigenvalue weighted by Gasteiger charge is -2.23. The number of rotatable bonds is 6. The van der Waals surface area contributed by atoms with Gasteiger partial charge in [-0.15, -0.1) is 0 Å². The van der Waals surface area contributed by atoms with Gasteiger partial charge < -0.3 is 10.6 Å². The van der Waals surface area contributed by atoms with E-state index in [9.17, 15) is 0 Å². The maximum absolute atomic E-state index is 4.32. The summed E-state index contributed by atoms with van der Waals surface area (Å²) in [4.78, 5) is 8.60. The Hall–Kier alpha value is -1.58. The summed E-state index contributed by atoms with van der Waals surface area (Å²) in [5, 5.41) is 6.79. The van der Waals surface area contributed by atoms with Crippen molar-refractivity contribution in [2.75, 3.05) is 13.6 Å². The zero-order valence-corrected chi connectivity index (χ0v) is 14.1. The molecule has 1 unspecified atom stereocenters. The molecule has 0 aliphatic carbocycles. The number of hydrogen-bond donors (Lipinski definition) is 2. The Kier molecular flexibility index (Phi) is 7.20. The van der Waals surface area contributed by atoms with Crippen LogP contribution in [-0.2, 0) is 6.42 Å². The summed E-state index contributed by atoms with van der Waals surface area (Å²) in [7, 11) is 1.81. The molecule has 0 radical (unpaired) electrons. The third kappa shape index (κ3) is 8.33. The first-order valence-electron chi connectivity index (χ1n) is 7.78. The van der Waals surface area contributed by atoms with E-state index in [1.54, 1.807) is 0 Å². The van der Waals surface area contributed by atoms with Crippen LogP contribution in [0.2, 0.25) is 0 Å². The molecule has 1 aromatic rings. The number of aliphatic imine (C=N–C) groups is 1. The van der Waals surface area contributed by atoms with Gasteiger partial charge in [-0.2, -0.15) is 0 Å². The normalized spacial score (nSPS) is 13.9. The minimum absolute atomic E-state index is 0.381. The van der Waals surface area contributed by atoms with Gasteiger partial charge in [0, 0.05) is 37.9 Å². The molecule has 0 aliphatic heterocycles. The standard InChI is InChI=1S/C17H30N4/c1-14(9-11-17(2,3)4)21-16(18-5)20-13-10-15-8-6-7-12-19-15/h6-8,12,14H,9-11,13H2,1-5H3,(H2,18,20,21). The Balaban J connectivity index is 2.28. The van der Waals surface area contributed by atoms with Crippen molar-refractivity contribution in [3.63, 3.8) is 0 Å². The summed E-state index contributed by atoms with van der Waals surface area (Å²) in [6.07, 6.45) is 5.07. The van der Waals surface area contributed by atoms with E-state index >= 15 is 0 Å². The lowest BCUT2D eigenvalue weighted by Crippen LogP contribution is -2.43. The number of guanidine groups is 1. The van der Waals surface area contributed by atoms with E-state index in [-0.39, 0.29) is 0 Å². The fourth-order valence-corrected chi connectivity index (χ4v) is 2.00. The number of aromatic nitrogens is 1. The second-order valence-corrected chi connectivity index (χ2v) is 6.71. The SMILES string of the molecule is CN=C(NCCc1ccccn1)NC(C)CCC(C)(C)C. The first kappa shape index (κ1) is 17.5. The number of nitrogens with zero attached hydrogens (tertiary/aromatic N) is 2. The van der Waals surface area contributed by atoms with E-state index in [1.165, 1.54) is 6.42 Å². The van der Waals surface area contributed by atoms with Crippen LogP contribution in [0.4, 0.5) is 0 Å². The van der Waals surface area contributed by atoms with Gasteiger partial charge in [0.15, 0.2) is 5.96 Å². The molecule has 1 heterocycles. The zero-order valence-electron chi connectivity index (χ0n) is 14.1. The first-order valence-corrected chi connectivity index (χ1v) is 7.78. The predicted molar refractivity (Wildman–Crippen MR) is 90.6 cm³/mol. The topological polar surface area (TPSA) is 49.3 Å². The molecular weight excluding hydrogens is 260 g/mol. The van der Waals surface area contributed by atoms with E-state index in [1.807, 2.05) is 31.4 Å². The van der Waals surface area contributed by atoms with E-state index in [0.717, 1.165) is 31.0 Å². The lowest BCUT2D eigenvalue weighted by atomic mass is 9.89. The summed E-state index contributed by atoms with van der Waals surface area (Å²) in [6, 6.07) is 6.42. The van der Waals surface area contributed by atoms with E-state index in [4.69, 9.17) is 0 Å². The van der Waals surface area contributed by atoms with Gasteiger partial charge in [-0.25, -0.2) is 0 Å². The zero-order chi connectivity index (χ0) is 15.7. The van der Waals surface area contributed by atoms with E-state index in [2.05, 4.69) is 48.3 Å². The van der Waals surface area contributed by atoms with E-state index < -0.39 is 0 Å². The maximum atomic E-state index is 4.32. The van der Waals surface area contributed by atoms with Crippen LogP contribution in [0.25, 0.3) is 0 Å². The van der Waals surface area contributed by atoms with Crippen molar-refractivity contribution in [3.05, 3.63) is 30.1 Å². The summed E-state index contributed by atoms with van der Waals surface area (Å²) >= 11 is 0. The van der Waals surface area contributed by atoms with Gasteiger partial charge in [0.1, 0.15) is 0 Å².